The third kappa shape index (κ3) is 6.46. The van der Waals surface area contributed by atoms with Crippen LogP contribution in [0.5, 0.6) is 0 Å². The number of halogens is 2. The first-order valence-electron chi connectivity index (χ1n) is 10.2. The lowest BCUT2D eigenvalue weighted by Crippen LogP contribution is -2.40. The molecule has 2 fully saturated rings. The number of rotatable bonds is 9. The first-order valence-corrected chi connectivity index (χ1v) is 10.2. The zero-order valence-electron chi connectivity index (χ0n) is 16.5. The highest BCUT2D eigenvalue weighted by atomic mass is 19.3. The van der Waals surface area contributed by atoms with Gasteiger partial charge in [0.05, 0.1) is 12.7 Å². The number of carbonyl (C=O) groups excluding carboxylic acids is 1. The second-order valence-corrected chi connectivity index (χ2v) is 7.85. The van der Waals surface area contributed by atoms with Crippen LogP contribution in [0, 0.1) is 0 Å². The highest BCUT2D eigenvalue weighted by Crippen LogP contribution is 2.25. The highest BCUT2D eigenvalue weighted by Gasteiger charge is 2.25. The van der Waals surface area contributed by atoms with Gasteiger partial charge in [-0.05, 0) is 51.9 Å². The van der Waals surface area contributed by atoms with Crippen molar-refractivity contribution in [3.05, 3.63) is 11.8 Å². The zero-order chi connectivity index (χ0) is 20.8. The van der Waals surface area contributed by atoms with Gasteiger partial charge in [0, 0.05) is 24.3 Å². The van der Waals surface area contributed by atoms with Gasteiger partial charge in [-0.3, -0.25) is 4.79 Å². The molecule has 0 radical (unpaired) electrons. The molecular weight excluding hydrogens is 384 g/mol. The van der Waals surface area contributed by atoms with Crippen LogP contribution in [0.3, 0.4) is 0 Å². The van der Waals surface area contributed by atoms with E-state index in [2.05, 4.69) is 30.7 Å². The first-order chi connectivity index (χ1) is 13.9. The molecule has 1 aromatic heterocycles. The summed E-state index contributed by atoms with van der Waals surface area (Å²) in [5.41, 5.74) is 0.352. The standard InChI is InChI=1S/C19H29F2N5O3/c1-11(10-29-18(20)21)23-19-22-9-15(17(28)25-12-3-2-4-12)16(26-19)24-13-5-7-14(27)8-6-13/h9,11-14,18,27H,2-8,10H2,1H3,(H,25,28)(H2,22,23,24,26)/t11-,13-,14-/m0/s1. The predicted octanol–water partition coefficient (Wildman–Crippen LogP) is 2.51. The number of carbonyl (C=O) groups is 1. The van der Waals surface area contributed by atoms with Crippen molar-refractivity contribution in [2.75, 3.05) is 17.2 Å². The number of aliphatic hydroxyl groups excluding tert-OH is 1. The van der Waals surface area contributed by atoms with E-state index in [-0.39, 0.29) is 36.7 Å². The molecule has 3 rings (SSSR count). The Labute approximate surface area is 168 Å². The van der Waals surface area contributed by atoms with Crippen molar-refractivity contribution in [3.8, 4) is 0 Å². The van der Waals surface area contributed by atoms with Gasteiger partial charge in [-0.25, -0.2) is 4.98 Å². The molecule has 8 nitrogen and oxygen atoms in total. The molecule has 2 saturated carbocycles. The van der Waals surface area contributed by atoms with E-state index in [0.29, 0.717) is 24.2 Å². The largest absolute Gasteiger partial charge is 0.393 e. The molecule has 0 spiro atoms. The van der Waals surface area contributed by atoms with Crippen LogP contribution in [0.1, 0.15) is 62.2 Å². The van der Waals surface area contributed by atoms with Crippen molar-refractivity contribution in [1.82, 2.24) is 15.3 Å². The molecule has 0 aliphatic heterocycles. The van der Waals surface area contributed by atoms with Gasteiger partial charge in [-0.15, -0.1) is 0 Å². The maximum absolute atomic E-state index is 12.7. The molecule has 2 aliphatic carbocycles. The molecule has 0 aromatic carbocycles. The Morgan fingerprint density at radius 3 is 2.59 bits per heavy atom. The van der Waals surface area contributed by atoms with Gasteiger partial charge in [0.2, 0.25) is 5.95 Å². The summed E-state index contributed by atoms with van der Waals surface area (Å²) in [6.45, 7) is -1.36. The van der Waals surface area contributed by atoms with Gasteiger partial charge < -0.3 is 25.8 Å². The lowest BCUT2D eigenvalue weighted by atomic mass is 9.92. The van der Waals surface area contributed by atoms with E-state index in [1.54, 1.807) is 6.92 Å². The van der Waals surface area contributed by atoms with Crippen molar-refractivity contribution < 1.29 is 23.4 Å². The van der Waals surface area contributed by atoms with Crippen LogP contribution in [0.2, 0.25) is 0 Å². The number of anilines is 2. The molecule has 1 aromatic rings. The molecule has 1 atom stereocenters. The van der Waals surface area contributed by atoms with Crippen LogP contribution in [0.4, 0.5) is 20.5 Å². The van der Waals surface area contributed by atoms with E-state index in [0.717, 1.165) is 32.1 Å². The summed E-state index contributed by atoms with van der Waals surface area (Å²) in [7, 11) is 0. The Balaban J connectivity index is 1.71. The number of hydrogen-bond donors (Lipinski definition) is 4. The quantitative estimate of drug-likeness (QED) is 0.493. The Hall–Kier alpha value is -2.07. The SMILES string of the molecule is C[C@@H](COC(F)F)Nc1ncc(C(=O)NC2CCC2)c(N[C@H]2CC[C@H](O)CC2)n1. The van der Waals surface area contributed by atoms with E-state index in [4.69, 9.17) is 0 Å². The number of aliphatic hydroxyl groups is 1. The predicted molar refractivity (Wildman–Crippen MR) is 104 cm³/mol. The smallest absolute Gasteiger partial charge is 0.345 e. The molecule has 4 N–H and O–H groups in total. The average molecular weight is 413 g/mol. The minimum atomic E-state index is -2.84. The summed E-state index contributed by atoms with van der Waals surface area (Å²) < 4.78 is 28.7. The molecule has 2 aliphatic rings. The fourth-order valence-electron chi connectivity index (χ4n) is 3.44. The van der Waals surface area contributed by atoms with Crippen molar-refractivity contribution >= 4 is 17.7 Å². The number of hydrogen-bond acceptors (Lipinski definition) is 7. The Kier molecular flexibility index (Phi) is 7.54. The molecule has 1 amide bonds. The Morgan fingerprint density at radius 2 is 1.97 bits per heavy atom. The summed E-state index contributed by atoms with van der Waals surface area (Å²) >= 11 is 0. The zero-order valence-corrected chi connectivity index (χ0v) is 16.5. The lowest BCUT2D eigenvalue weighted by molar-refractivity contribution is -0.130. The van der Waals surface area contributed by atoms with E-state index in [9.17, 15) is 18.7 Å². The first kappa shape index (κ1) is 21.6. The van der Waals surface area contributed by atoms with Crippen molar-refractivity contribution in [3.63, 3.8) is 0 Å². The number of alkyl halides is 2. The van der Waals surface area contributed by atoms with E-state index < -0.39 is 12.7 Å². The Bertz CT molecular complexity index is 682. The number of ether oxygens (including phenoxy) is 1. The maximum atomic E-state index is 12.7. The van der Waals surface area contributed by atoms with Crippen LogP contribution < -0.4 is 16.0 Å². The van der Waals surface area contributed by atoms with Gasteiger partial charge in [0.15, 0.2) is 0 Å². The summed E-state index contributed by atoms with van der Waals surface area (Å²) in [6.07, 6.45) is 7.15. The molecule has 1 heterocycles. The molecule has 29 heavy (non-hydrogen) atoms. The number of nitrogens with one attached hydrogen (secondary N) is 3. The van der Waals surface area contributed by atoms with E-state index in [1.165, 1.54) is 6.20 Å². The minimum Gasteiger partial charge on any atom is -0.393 e. The number of aromatic nitrogens is 2. The normalized spacial score (nSPS) is 23.3. The minimum absolute atomic E-state index is 0.0935. The monoisotopic (exact) mass is 413 g/mol. The highest BCUT2D eigenvalue weighted by molar-refractivity contribution is 5.98. The van der Waals surface area contributed by atoms with E-state index in [1.807, 2.05) is 0 Å². The fourth-order valence-corrected chi connectivity index (χ4v) is 3.44. The molecule has 10 heteroatoms. The van der Waals surface area contributed by atoms with Crippen molar-refractivity contribution in [1.29, 1.82) is 0 Å². The Morgan fingerprint density at radius 1 is 1.24 bits per heavy atom. The molecule has 162 valence electrons. The van der Waals surface area contributed by atoms with Crippen LogP contribution in [0.15, 0.2) is 6.20 Å². The third-order valence-electron chi connectivity index (χ3n) is 5.36. The fraction of sp³-hybridized carbons (Fsp3) is 0.737. The van der Waals surface area contributed by atoms with Gasteiger partial charge in [0.1, 0.15) is 11.4 Å². The van der Waals surface area contributed by atoms with Gasteiger partial charge >= 0.3 is 6.61 Å². The average Bonchev–Trinajstić information content (AvgIpc) is 2.65. The number of nitrogens with zero attached hydrogens (tertiary/aromatic N) is 2. The summed E-state index contributed by atoms with van der Waals surface area (Å²) in [6, 6.07) is -0.156. The van der Waals surface area contributed by atoms with Crippen LogP contribution in [-0.2, 0) is 4.74 Å². The van der Waals surface area contributed by atoms with E-state index >= 15 is 0 Å². The second-order valence-electron chi connectivity index (χ2n) is 7.85. The van der Waals surface area contributed by atoms with Crippen LogP contribution in [0.25, 0.3) is 0 Å². The lowest BCUT2D eigenvalue weighted by Gasteiger charge is -2.29. The van der Waals surface area contributed by atoms with Crippen LogP contribution >= 0.6 is 0 Å². The number of amides is 1. The van der Waals surface area contributed by atoms with Crippen LogP contribution in [-0.4, -0.2) is 58.4 Å². The summed E-state index contributed by atoms with van der Waals surface area (Å²) in [5.74, 6) is 0.408. The van der Waals surface area contributed by atoms with Gasteiger partial charge in [-0.2, -0.15) is 13.8 Å². The summed E-state index contributed by atoms with van der Waals surface area (Å²) in [5, 5.41) is 18.9. The van der Waals surface area contributed by atoms with Gasteiger partial charge in [0.25, 0.3) is 5.91 Å². The van der Waals surface area contributed by atoms with Crippen molar-refractivity contribution in [2.24, 2.45) is 0 Å². The van der Waals surface area contributed by atoms with Crippen molar-refractivity contribution in [2.45, 2.75) is 82.7 Å². The second kappa shape index (κ2) is 10.1. The topological polar surface area (TPSA) is 108 Å². The maximum Gasteiger partial charge on any atom is 0.345 e. The third-order valence-corrected chi connectivity index (χ3v) is 5.36. The molecule has 0 bridgehead atoms. The molecule has 0 unspecified atom stereocenters. The molecule has 0 saturated heterocycles. The molecular formula is C19H29F2N5O3. The van der Waals surface area contributed by atoms with Gasteiger partial charge in [-0.1, -0.05) is 0 Å². The summed E-state index contributed by atoms with van der Waals surface area (Å²) in [4.78, 5) is 21.3.